The number of nitrogens with one attached hydrogen (secondary N) is 1. The highest BCUT2D eigenvalue weighted by molar-refractivity contribution is 7.99. The van der Waals surface area contributed by atoms with Gasteiger partial charge in [-0.05, 0) is 13.8 Å². The molecule has 92 valence electrons. The highest BCUT2D eigenvalue weighted by Gasteiger charge is 2.10. The van der Waals surface area contributed by atoms with Crippen molar-refractivity contribution in [2.45, 2.75) is 45.1 Å². The van der Waals surface area contributed by atoms with Gasteiger partial charge in [0.15, 0.2) is 0 Å². The topological polar surface area (TPSA) is 58.3 Å². The average molecular weight is 244 g/mol. The molecule has 0 spiro atoms. The summed E-state index contributed by atoms with van der Waals surface area (Å²) in [5, 5.41) is 13.5. The molecule has 0 fully saturated rings. The van der Waals surface area contributed by atoms with Crippen LogP contribution < -0.4 is 5.32 Å². The molecule has 16 heavy (non-hydrogen) atoms. The minimum absolute atomic E-state index is 0.375. The van der Waals surface area contributed by atoms with Crippen LogP contribution in [0.15, 0.2) is 9.64 Å². The molecule has 1 heterocycles. The summed E-state index contributed by atoms with van der Waals surface area (Å²) in [6, 6.07) is 0.394. The molecule has 1 unspecified atom stereocenters. The molecule has 0 amide bonds. The van der Waals surface area contributed by atoms with Gasteiger partial charge in [-0.15, -0.1) is 0 Å². The molecule has 0 radical (unpaired) electrons. The van der Waals surface area contributed by atoms with Gasteiger partial charge in [-0.25, -0.2) is 4.98 Å². The van der Waals surface area contributed by atoms with Crippen LogP contribution in [0.1, 0.15) is 25.3 Å². The number of rotatable bonds is 6. The molecule has 1 aromatic rings. The van der Waals surface area contributed by atoms with E-state index in [0.717, 1.165) is 11.5 Å². The largest absolute Gasteiger partial charge is 0.437 e. The average Bonchev–Trinajstić information content (AvgIpc) is 2.52. The lowest BCUT2D eigenvalue weighted by Gasteiger charge is -2.12. The van der Waals surface area contributed by atoms with Crippen molar-refractivity contribution in [1.82, 2.24) is 10.3 Å². The van der Waals surface area contributed by atoms with Gasteiger partial charge in [0, 0.05) is 18.3 Å². The molecule has 0 saturated heterocycles. The summed E-state index contributed by atoms with van der Waals surface area (Å²) in [6.07, 6.45) is -0.375. The Balaban J connectivity index is 2.28. The fourth-order valence-corrected chi connectivity index (χ4v) is 1.94. The van der Waals surface area contributed by atoms with E-state index in [9.17, 15) is 5.11 Å². The van der Waals surface area contributed by atoms with Crippen LogP contribution in [0.3, 0.4) is 0 Å². The zero-order valence-corrected chi connectivity index (χ0v) is 11.1. The predicted molar refractivity (Wildman–Crippen MR) is 65.8 cm³/mol. The lowest BCUT2D eigenvalue weighted by Crippen LogP contribution is -2.33. The molecular weight excluding hydrogens is 224 g/mol. The van der Waals surface area contributed by atoms with E-state index in [-0.39, 0.29) is 6.10 Å². The summed E-state index contributed by atoms with van der Waals surface area (Å²) in [4.78, 5) is 4.24. The molecule has 0 aromatic carbocycles. The van der Waals surface area contributed by atoms with Gasteiger partial charge in [0.2, 0.25) is 0 Å². The standard InChI is InChI=1S/C11H20N2O2S/c1-7(2)12-5-10(14)6-16-11-13-8(3)9(4)15-11/h7,10,12,14H,5-6H2,1-4H3. The maximum atomic E-state index is 9.68. The first-order chi connectivity index (χ1) is 7.49. The van der Waals surface area contributed by atoms with E-state index in [0.29, 0.717) is 23.6 Å². The van der Waals surface area contributed by atoms with Crippen molar-refractivity contribution in [3.8, 4) is 0 Å². The van der Waals surface area contributed by atoms with E-state index < -0.39 is 0 Å². The smallest absolute Gasteiger partial charge is 0.256 e. The Kier molecular flexibility index (Phi) is 5.31. The van der Waals surface area contributed by atoms with Crippen molar-refractivity contribution in [2.24, 2.45) is 0 Å². The van der Waals surface area contributed by atoms with E-state index in [1.807, 2.05) is 13.8 Å². The molecule has 1 aromatic heterocycles. The second-order valence-corrected chi connectivity index (χ2v) is 5.12. The van der Waals surface area contributed by atoms with Crippen molar-refractivity contribution in [2.75, 3.05) is 12.3 Å². The van der Waals surface area contributed by atoms with Crippen molar-refractivity contribution in [3.63, 3.8) is 0 Å². The first-order valence-electron chi connectivity index (χ1n) is 5.47. The summed E-state index contributed by atoms with van der Waals surface area (Å²) in [7, 11) is 0. The van der Waals surface area contributed by atoms with E-state index in [2.05, 4.69) is 24.1 Å². The van der Waals surface area contributed by atoms with E-state index in [1.165, 1.54) is 11.8 Å². The van der Waals surface area contributed by atoms with Crippen LogP contribution in [0.2, 0.25) is 0 Å². The fraction of sp³-hybridized carbons (Fsp3) is 0.727. The SMILES string of the molecule is Cc1nc(SCC(O)CNC(C)C)oc1C. The number of thioether (sulfide) groups is 1. The maximum absolute atomic E-state index is 9.68. The van der Waals surface area contributed by atoms with Crippen molar-refractivity contribution < 1.29 is 9.52 Å². The third-order valence-electron chi connectivity index (χ3n) is 2.17. The van der Waals surface area contributed by atoms with Crippen LogP contribution in [0.5, 0.6) is 0 Å². The summed E-state index contributed by atoms with van der Waals surface area (Å²) in [6.45, 7) is 8.52. The number of aliphatic hydroxyl groups excluding tert-OH is 1. The van der Waals surface area contributed by atoms with Crippen LogP contribution in [-0.2, 0) is 0 Å². The first-order valence-corrected chi connectivity index (χ1v) is 6.46. The first kappa shape index (κ1) is 13.5. The zero-order valence-electron chi connectivity index (χ0n) is 10.3. The molecule has 0 bridgehead atoms. The minimum Gasteiger partial charge on any atom is -0.437 e. The number of aromatic nitrogens is 1. The van der Waals surface area contributed by atoms with Gasteiger partial charge >= 0.3 is 0 Å². The molecule has 1 rings (SSSR count). The van der Waals surface area contributed by atoms with Gasteiger partial charge in [0.05, 0.1) is 11.8 Å². The van der Waals surface area contributed by atoms with Gasteiger partial charge in [-0.1, -0.05) is 25.6 Å². The maximum Gasteiger partial charge on any atom is 0.256 e. The molecule has 2 N–H and O–H groups in total. The van der Waals surface area contributed by atoms with Crippen LogP contribution in [0.4, 0.5) is 0 Å². The number of aryl methyl sites for hydroxylation is 2. The lowest BCUT2D eigenvalue weighted by atomic mass is 10.3. The molecule has 1 atom stereocenters. The lowest BCUT2D eigenvalue weighted by molar-refractivity contribution is 0.192. The van der Waals surface area contributed by atoms with E-state index >= 15 is 0 Å². The van der Waals surface area contributed by atoms with Crippen LogP contribution in [0.25, 0.3) is 0 Å². The van der Waals surface area contributed by atoms with Gasteiger partial charge < -0.3 is 14.8 Å². The number of aliphatic hydroxyl groups is 1. The number of hydrogen-bond donors (Lipinski definition) is 2. The Hall–Kier alpha value is -0.520. The Morgan fingerprint density at radius 3 is 2.62 bits per heavy atom. The van der Waals surface area contributed by atoms with E-state index in [4.69, 9.17) is 4.42 Å². The van der Waals surface area contributed by atoms with E-state index in [1.54, 1.807) is 0 Å². The zero-order chi connectivity index (χ0) is 12.1. The van der Waals surface area contributed by atoms with Crippen LogP contribution >= 0.6 is 11.8 Å². The van der Waals surface area contributed by atoms with Crippen molar-refractivity contribution >= 4 is 11.8 Å². The highest BCUT2D eigenvalue weighted by atomic mass is 32.2. The normalized spacial score (nSPS) is 13.4. The Labute approximate surface area is 101 Å². The monoisotopic (exact) mass is 244 g/mol. The summed E-state index contributed by atoms with van der Waals surface area (Å²) >= 11 is 1.45. The van der Waals surface area contributed by atoms with Crippen LogP contribution in [0, 0.1) is 13.8 Å². The molecule has 0 aliphatic rings. The Bertz CT molecular complexity index is 306. The third kappa shape index (κ3) is 4.55. The quantitative estimate of drug-likeness (QED) is 0.747. The van der Waals surface area contributed by atoms with Crippen molar-refractivity contribution in [1.29, 1.82) is 0 Å². The molecule has 4 nitrogen and oxygen atoms in total. The third-order valence-corrected chi connectivity index (χ3v) is 3.14. The number of oxazole rings is 1. The van der Waals surface area contributed by atoms with Gasteiger partial charge in [0.25, 0.3) is 5.22 Å². The van der Waals surface area contributed by atoms with Crippen molar-refractivity contribution in [3.05, 3.63) is 11.5 Å². The highest BCUT2D eigenvalue weighted by Crippen LogP contribution is 2.20. The number of hydrogen-bond acceptors (Lipinski definition) is 5. The second kappa shape index (κ2) is 6.27. The second-order valence-electron chi connectivity index (χ2n) is 4.15. The summed E-state index contributed by atoms with van der Waals surface area (Å²) in [5.41, 5.74) is 0.914. The van der Waals surface area contributed by atoms with Crippen LogP contribution in [-0.4, -0.2) is 34.5 Å². The predicted octanol–water partition coefficient (Wildman–Crippen LogP) is 1.74. The fourth-order valence-electron chi connectivity index (χ4n) is 1.10. The molecule has 0 aliphatic heterocycles. The number of nitrogens with zero attached hydrogens (tertiary/aromatic N) is 1. The van der Waals surface area contributed by atoms with Gasteiger partial charge in [-0.3, -0.25) is 0 Å². The Morgan fingerprint density at radius 1 is 1.44 bits per heavy atom. The Morgan fingerprint density at radius 2 is 2.12 bits per heavy atom. The molecule has 5 heteroatoms. The molecule has 0 saturated carbocycles. The minimum atomic E-state index is -0.375. The summed E-state index contributed by atoms with van der Waals surface area (Å²) < 4.78 is 5.41. The summed E-state index contributed by atoms with van der Waals surface area (Å²) in [5.74, 6) is 1.44. The molecule has 0 aliphatic carbocycles. The molecular formula is C11H20N2O2S. The van der Waals surface area contributed by atoms with Gasteiger partial charge in [0.1, 0.15) is 5.76 Å². The van der Waals surface area contributed by atoms with Gasteiger partial charge in [-0.2, -0.15) is 0 Å².